The Balaban J connectivity index is 2.26. The van der Waals surface area contributed by atoms with Crippen LogP contribution < -0.4 is 11.1 Å². The lowest BCUT2D eigenvalue weighted by atomic mass is 10.2. The van der Waals surface area contributed by atoms with Crippen molar-refractivity contribution >= 4 is 61.7 Å². The van der Waals surface area contributed by atoms with Gasteiger partial charge in [0.1, 0.15) is 0 Å². The van der Waals surface area contributed by atoms with Crippen LogP contribution in [0.15, 0.2) is 27.3 Å². The molecular formula is C15H17ClN4O4S3. The summed E-state index contributed by atoms with van der Waals surface area (Å²) in [6, 6.07) is 3.91. The van der Waals surface area contributed by atoms with E-state index in [1.54, 1.807) is 6.92 Å². The number of benzene rings is 1. The molecule has 2 amide bonds. The molecule has 0 unspecified atom stereocenters. The number of nitrogens with one attached hydrogen (secondary N) is 1. The molecule has 0 aliphatic rings. The summed E-state index contributed by atoms with van der Waals surface area (Å²) in [4.78, 5) is 27.6. The van der Waals surface area contributed by atoms with E-state index in [4.69, 9.17) is 17.3 Å². The van der Waals surface area contributed by atoms with Gasteiger partial charge in [-0.1, -0.05) is 22.9 Å². The molecule has 1 aromatic heterocycles. The van der Waals surface area contributed by atoms with Crippen molar-refractivity contribution in [3.63, 3.8) is 0 Å². The molecule has 27 heavy (non-hydrogen) atoms. The van der Waals surface area contributed by atoms with Gasteiger partial charge in [-0.3, -0.25) is 14.9 Å². The van der Waals surface area contributed by atoms with Crippen LogP contribution in [0.5, 0.6) is 0 Å². The number of aromatic nitrogens is 1. The van der Waals surface area contributed by atoms with Gasteiger partial charge in [-0.05, 0) is 25.1 Å². The van der Waals surface area contributed by atoms with Crippen LogP contribution in [0.2, 0.25) is 5.02 Å². The molecule has 0 atom stereocenters. The van der Waals surface area contributed by atoms with Gasteiger partial charge in [-0.15, -0.1) is 11.8 Å². The third kappa shape index (κ3) is 5.20. The molecule has 0 aliphatic heterocycles. The first-order valence-electron chi connectivity index (χ1n) is 7.44. The number of thioether (sulfide) groups is 1. The van der Waals surface area contributed by atoms with Gasteiger partial charge in [0, 0.05) is 14.1 Å². The van der Waals surface area contributed by atoms with Crippen molar-refractivity contribution in [2.75, 3.05) is 25.2 Å². The second kappa shape index (κ2) is 8.57. The monoisotopic (exact) mass is 448 g/mol. The van der Waals surface area contributed by atoms with E-state index in [1.807, 2.05) is 0 Å². The van der Waals surface area contributed by atoms with E-state index in [-0.39, 0.29) is 21.2 Å². The lowest BCUT2D eigenvalue weighted by Crippen LogP contribution is -2.23. The maximum absolute atomic E-state index is 12.6. The number of carbonyl (C=O) groups is 2. The number of hydrogen-bond donors (Lipinski definition) is 2. The number of nitrogens with zero attached hydrogens (tertiary/aromatic N) is 2. The molecule has 8 nitrogen and oxygen atoms in total. The summed E-state index contributed by atoms with van der Waals surface area (Å²) in [5.74, 6) is -0.938. The fourth-order valence-corrected chi connectivity index (χ4v) is 4.92. The molecule has 0 fully saturated rings. The van der Waals surface area contributed by atoms with E-state index < -0.39 is 21.8 Å². The molecule has 0 aliphatic carbocycles. The normalized spacial score (nSPS) is 11.6. The summed E-state index contributed by atoms with van der Waals surface area (Å²) in [5.41, 5.74) is 5.79. The van der Waals surface area contributed by atoms with Crippen LogP contribution in [-0.2, 0) is 14.8 Å². The summed E-state index contributed by atoms with van der Waals surface area (Å²) in [6.45, 7) is 1.74. The average Bonchev–Trinajstić information content (AvgIpc) is 2.92. The quantitative estimate of drug-likeness (QED) is 0.626. The largest absolute Gasteiger partial charge is 0.369 e. The second-order valence-corrected chi connectivity index (χ2v) is 10.3. The van der Waals surface area contributed by atoms with Crippen molar-refractivity contribution in [3.05, 3.63) is 34.5 Å². The Kier molecular flexibility index (Phi) is 6.87. The molecule has 3 N–H and O–H groups in total. The average molecular weight is 449 g/mol. The van der Waals surface area contributed by atoms with Gasteiger partial charge < -0.3 is 5.73 Å². The number of anilines is 1. The van der Waals surface area contributed by atoms with Crippen molar-refractivity contribution in [3.8, 4) is 0 Å². The highest BCUT2D eigenvalue weighted by molar-refractivity contribution is 8.01. The maximum Gasteiger partial charge on any atom is 0.259 e. The number of amides is 2. The first-order chi connectivity index (χ1) is 12.5. The van der Waals surface area contributed by atoms with E-state index in [0.29, 0.717) is 10.8 Å². The van der Waals surface area contributed by atoms with E-state index in [9.17, 15) is 18.0 Å². The van der Waals surface area contributed by atoms with Gasteiger partial charge in [0.05, 0.1) is 31.1 Å². The molecule has 1 heterocycles. The molecule has 0 bridgehead atoms. The SMILES string of the molecule is Cc1nc(NC(=O)c2cc(S(=O)(=O)N(C)C)ccc2Cl)sc1SCC(N)=O. The highest BCUT2D eigenvalue weighted by Gasteiger charge is 2.21. The molecule has 0 spiro atoms. The fraction of sp³-hybridized carbons (Fsp3) is 0.267. The minimum atomic E-state index is -3.71. The van der Waals surface area contributed by atoms with Crippen LogP contribution >= 0.6 is 34.7 Å². The van der Waals surface area contributed by atoms with Gasteiger partial charge in [-0.25, -0.2) is 17.7 Å². The summed E-state index contributed by atoms with van der Waals surface area (Å²) in [7, 11) is -0.914. The zero-order valence-electron chi connectivity index (χ0n) is 14.6. The van der Waals surface area contributed by atoms with Crippen molar-refractivity contribution in [1.29, 1.82) is 0 Å². The number of sulfonamides is 1. The van der Waals surface area contributed by atoms with Crippen LogP contribution in [0.1, 0.15) is 16.1 Å². The summed E-state index contributed by atoms with van der Waals surface area (Å²) >= 11 is 8.48. The number of thiazole rings is 1. The molecule has 12 heteroatoms. The maximum atomic E-state index is 12.6. The highest BCUT2D eigenvalue weighted by Crippen LogP contribution is 2.32. The topological polar surface area (TPSA) is 122 Å². The number of rotatable bonds is 7. The van der Waals surface area contributed by atoms with Crippen LogP contribution in [0, 0.1) is 6.92 Å². The number of carbonyl (C=O) groups excluding carboxylic acids is 2. The predicted octanol–water partition coefficient (Wildman–Crippen LogP) is 2.18. The number of aryl methyl sites for hydroxylation is 1. The van der Waals surface area contributed by atoms with Crippen molar-refractivity contribution in [1.82, 2.24) is 9.29 Å². The van der Waals surface area contributed by atoms with E-state index >= 15 is 0 Å². The molecular weight excluding hydrogens is 432 g/mol. The van der Waals surface area contributed by atoms with Crippen LogP contribution in [0.4, 0.5) is 5.13 Å². The van der Waals surface area contributed by atoms with Crippen molar-refractivity contribution in [2.24, 2.45) is 5.73 Å². The molecule has 2 aromatic rings. The molecule has 0 saturated carbocycles. The number of hydrogen-bond acceptors (Lipinski definition) is 7. The molecule has 0 radical (unpaired) electrons. The lowest BCUT2D eigenvalue weighted by Gasteiger charge is -2.13. The number of halogens is 1. The second-order valence-electron chi connectivity index (χ2n) is 5.53. The number of primary amides is 1. The minimum Gasteiger partial charge on any atom is -0.369 e. The first-order valence-corrected chi connectivity index (χ1v) is 11.1. The van der Waals surface area contributed by atoms with Crippen LogP contribution in [0.3, 0.4) is 0 Å². The van der Waals surface area contributed by atoms with Crippen LogP contribution in [-0.4, -0.2) is 49.4 Å². The standard InChI is InChI=1S/C15H17ClN4O4S3/c1-8-14(25-7-12(17)21)26-15(18-8)19-13(22)10-6-9(4-5-11(10)16)27(23,24)20(2)3/h4-6H,7H2,1-3H3,(H2,17,21)(H,18,19,22). The van der Waals surface area contributed by atoms with Gasteiger partial charge in [0.15, 0.2) is 5.13 Å². The lowest BCUT2D eigenvalue weighted by molar-refractivity contribution is -0.115. The van der Waals surface area contributed by atoms with Gasteiger partial charge >= 0.3 is 0 Å². The number of nitrogens with two attached hydrogens (primary N) is 1. The summed E-state index contributed by atoms with van der Waals surface area (Å²) in [6.07, 6.45) is 0. The summed E-state index contributed by atoms with van der Waals surface area (Å²) in [5, 5.41) is 3.02. The third-order valence-corrected chi connectivity index (χ3v) is 7.88. The Labute approximate surface area is 170 Å². The van der Waals surface area contributed by atoms with Crippen molar-refractivity contribution < 1.29 is 18.0 Å². The predicted molar refractivity (Wildman–Crippen MR) is 107 cm³/mol. The molecule has 0 saturated heterocycles. The van der Waals surface area contributed by atoms with Crippen molar-refractivity contribution in [2.45, 2.75) is 16.0 Å². The van der Waals surface area contributed by atoms with E-state index in [2.05, 4.69) is 10.3 Å². The molecule has 1 aromatic carbocycles. The zero-order chi connectivity index (χ0) is 20.4. The van der Waals surface area contributed by atoms with Gasteiger partial charge in [0.2, 0.25) is 15.9 Å². The Morgan fingerprint density at radius 3 is 2.63 bits per heavy atom. The summed E-state index contributed by atoms with van der Waals surface area (Å²) < 4.78 is 26.3. The highest BCUT2D eigenvalue weighted by atomic mass is 35.5. The van der Waals surface area contributed by atoms with Gasteiger partial charge in [-0.2, -0.15) is 0 Å². The van der Waals surface area contributed by atoms with Gasteiger partial charge in [0.25, 0.3) is 5.91 Å². The zero-order valence-corrected chi connectivity index (χ0v) is 17.9. The first kappa shape index (κ1) is 21.6. The van der Waals surface area contributed by atoms with E-state index in [0.717, 1.165) is 8.51 Å². The smallest absolute Gasteiger partial charge is 0.259 e. The van der Waals surface area contributed by atoms with E-state index in [1.165, 1.54) is 55.4 Å². The fourth-order valence-electron chi connectivity index (χ4n) is 1.92. The Morgan fingerprint density at radius 1 is 1.37 bits per heavy atom. The Bertz CT molecular complexity index is 989. The third-order valence-electron chi connectivity index (χ3n) is 3.28. The minimum absolute atomic E-state index is 0.0128. The Morgan fingerprint density at radius 2 is 2.04 bits per heavy atom. The molecule has 2 rings (SSSR count). The Hall–Kier alpha value is -1.66. The van der Waals surface area contributed by atoms with Crippen LogP contribution in [0.25, 0.3) is 0 Å². The molecule has 146 valence electrons.